The number of ether oxygens (including phenoxy) is 1. The van der Waals surface area contributed by atoms with Crippen LogP contribution in [-0.4, -0.2) is 22.0 Å². The Morgan fingerprint density at radius 2 is 1.71 bits per heavy atom. The molecule has 1 aliphatic rings. The van der Waals surface area contributed by atoms with Gasteiger partial charge in [-0.3, -0.25) is 0 Å². The number of carbonyl (C=O) groups excluding carboxylic acids is 1. The van der Waals surface area contributed by atoms with Crippen LogP contribution >= 0.6 is 0 Å². The van der Waals surface area contributed by atoms with Gasteiger partial charge in [-0.1, -0.05) is 42.5 Å². The number of para-hydroxylation sites is 2. The molecule has 2 N–H and O–H groups in total. The number of carbonyl (C=O) groups is 1. The van der Waals surface area contributed by atoms with E-state index < -0.39 is 6.03 Å². The molecule has 0 bridgehead atoms. The van der Waals surface area contributed by atoms with E-state index in [1.807, 2.05) is 65.2 Å². The number of nitrogens with zero attached hydrogens (tertiary/aromatic N) is 2. The molecule has 31 heavy (non-hydrogen) atoms. The number of benzene rings is 3. The van der Waals surface area contributed by atoms with Crippen LogP contribution in [0, 0.1) is 5.82 Å². The first kappa shape index (κ1) is 19.2. The molecule has 0 saturated heterocycles. The van der Waals surface area contributed by atoms with Gasteiger partial charge < -0.3 is 19.9 Å². The lowest BCUT2D eigenvalue weighted by Crippen LogP contribution is -2.40. The predicted molar refractivity (Wildman–Crippen MR) is 118 cm³/mol. The summed E-state index contributed by atoms with van der Waals surface area (Å²) in [4.78, 5) is 13.4. The average Bonchev–Trinajstić information content (AvgIpc) is 3.10. The maximum atomic E-state index is 14.9. The third-order valence-corrected chi connectivity index (χ3v) is 5.78. The SMILES string of the molecule is NC(=O)N1CCc2c(n(Cc3ccc(Oc4ccccc4)cc3)c3c(F)cccc23)C1. The van der Waals surface area contributed by atoms with E-state index in [4.69, 9.17) is 10.5 Å². The Morgan fingerprint density at radius 3 is 2.45 bits per heavy atom. The Labute approximate surface area is 179 Å². The molecule has 0 fully saturated rings. The minimum Gasteiger partial charge on any atom is -0.457 e. The predicted octanol–water partition coefficient (Wildman–Crippen LogP) is 5.06. The highest BCUT2D eigenvalue weighted by Gasteiger charge is 2.26. The molecule has 0 radical (unpaired) electrons. The summed E-state index contributed by atoms with van der Waals surface area (Å²) in [6.45, 7) is 1.42. The summed E-state index contributed by atoms with van der Waals surface area (Å²) >= 11 is 0. The summed E-state index contributed by atoms with van der Waals surface area (Å²) in [5.41, 5.74) is 9.14. The second-order valence-corrected chi connectivity index (χ2v) is 7.72. The highest BCUT2D eigenvalue weighted by molar-refractivity contribution is 5.87. The number of hydrogen-bond donors (Lipinski definition) is 1. The molecule has 3 aromatic carbocycles. The molecule has 2 amide bonds. The van der Waals surface area contributed by atoms with Crippen molar-refractivity contribution in [2.45, 2.75) is 19.5 Å². The van der Waals surface area contributed by atoms with Crippen molar-refractivity contribution < 1.29 is 13.9 Å². The van der Waals surface area contributed by atoms with Crippen molar-refractivity contribution in [2.24, 2.45) is 5.73 Å². The van der Waals surface area contributed by atoms with Crippen molar-refractivity contribution in [3.05, 3.63) is 95.4 Å². The molecule has 156 valence electrons. The maximum Gasteiger partial charge on any atom is 0.315 e. The van der Waals surface area contributed by atoms with E-state index >= 15 is 0 Å². The number of amides is 2. The Kier molecular flexibility index (Phi) is 4.82. The van der Waals surface area contributed by atoms with Crippen molar-refractivity contribution in [3.8, 4) is 11.5 Å². The number of halogens is 1. The van der Waals surface area contributed by atoms with Gasteiger partial charge in [0.15, 0.2) is 0 Å². The largest absolute Gasteiger partial charge is 0.457 e. The molecule has 1 aromatic heterocycles. The smallest absolute Gasteiger partial charge is 0.315 e. The van der Waals surface area contributed by atoms with E-state index in [2.05, 4.69) is 0 Å². The maximum absolute atomic E-state index is 14.9. The monoisotopic (exact) mass is 415 g/mol. The Bertz CT molecular complexity index is 1250. The van der Waals surface area contributed by atoms with E-state index in [1.54, 1.807) is 11.0 Å². The second kappa shape index (κ2) is 7.80. The van der Waals surface area contributed by atoms with Crippen molar-refractivity contribution >= 4 is 16.9 Å². The van der Waals surface area contributed by atoms with Crippen molar-refractivity contribution in [2.75, 3.05) is 6.54 Å². The van der Waals surface area contributed by atoms with Crippen LogP contribution < -0.4 is 10.5 Å². The summed E-state index contributed by atoms with van der Waals surface area (Å²) in [5, 5.41) is 0.906. The molecule has 0 saturated carbocycles. The molecule has 5 nitrogen and oxygen atoms in total. The minimum absolute atomic E-state index is 0.262. The van der Waals surface area contributed by atoms with Crippen LogP contribution in [0.15, 0.2) is 72.8 Å². The number of nitrogens with two attached hydrogens (primary N) is 1. The number of hydrogen-bond acceptors (Lipinski definition) is 2. The van der Waals surface area contributed by atoms with E-state index in [0.717, 1.165) is 33.7 Å². The van der Waals surface area contributed by atoms with Gasteiger partial charge in [-0.2, -0.15) is 0 Å². The second-order valence-electron chi connectivity index (χ2n) is 7.72. The molecule has 0 aliphatic carbocycles. The lowest BCUT2D eigenvalue weighted by molar-refractivity contribution is 0.200. The fourth-order valence-electron chi connectivity index (χ4n) is 4.29. The van der Waals surface area contributed by atoms with Gasteiger partial charge in [-0.15, -0.1) is 0 Å². The number of primary amides is 1. The molecule has 5 rings (SSSR count). The highest BCUT2D eigenvalue weighted by atomic mass is 19.1. The third-order valence-electron chi connectivity index (χ3n) is 5.78. The Hall–Kier alpha value is -3.80. The fourth-order valence-corrected chi connectivity index (χ4v) is 4.29. The van der Waals surface area contributed by atoms with Crippen LogP contribution in [0.3, 0.4) is 0 Å². The molecular weight excluding hydrogens is 393 g/mol. The zero-order valence-corrected chi connectivity index (χ0v) is 16.9. The Balaban J connectivity index is 1.49. The zero-order chi connectivity index (χ0) is 21.4. The molecule has 0 spiro atoms. The van der Waals surface area contributed by atoms with Crippen LogP contribution in [0.2, 0.25) is 0 Å². The summed E-state index contributed by atoms with van der Waals surface area (Å²) < 4.78 is 22.7. The Morgan fingerprint density at radius 1 is 0.968 bits per heavy atom. The molecule has 2 heterocycles. The first-order valence-corrected chi connectivity index (χ1v) is 10.2. The van der Waals surface area contributed by atoms with E-state index in [1.165, 1.54) is 6.07 Å². The van der Waals surface area contributed by atoms with Crippen molar-refractivity contribution in [1.29, 1.82) is 0 Å². The number of urea groups is 1. The van der Waals surface area contributed by atoms with Gasteiger partial charge in [-0.25, -0.2) is 9.18 Å². The summed E-state index contributed by atoms with van der Waals surface area (Å²) in [6, 6.07) is 22.1. The van der Waals surface area contributed by atoms with Gasteiger partial charge >= 0.3 is 6.03 Å². The zero-order valence-electron chi connectivity index (χ0n) is 16.9. The lowest BCUT2D eigenvalue weighted by Gasteiger charge is -2.27. The quantitative estimate of drug-likeness (QED) is 0.507. The van der Waals surface area contributed by atoms with Crippen LogP contribution in [0.1, 0.15) is 16.8 Å². The third kappa shape index (κ3) is 3.61. The number of fused-ring (bicyclic) bond motifs is 3. The molecule has 0 atom stereocenters. The van der Waals surface area contributed by atoms with Crippen molar-refractivity contribution in [1.82, 2.24) is 9.47 Å². The van der Waals surface area contributed by atoms with E-state index in [9.17, 15) is 9.18 Å². The minimum atomic E-state index is -0.453. The van der Waals surface area contributed by atoms with Gasteiger partial charge in [0.1, 0.15) is 17.3 Å². The van der Waals surface area contributed by atoms with Crippen LogP contribution in [-0.2, 0) is 19.5 Å². The van der Waals surface area contributed by atoms with E-state index in [0.29, 0.717) is 31.6 Å². The lowest BCUT2D eigenvalue weighted by atomic mass is 10.0. The molecule has 0 unspecified atom stereocenters. The van der Waals surface area contributed by atoms with Crippen LogP contribution in [0.4, 0.5) is 9.18 Å². The van der Waals surface area contributed by atoms with Gasteiger partial charge in [0.05, 0.1) is 12.1 Å². The fraction of sp³-hybridized carbons (Fsp3) is 0.160. The van der Waals surface area contributed by atoms with Gasteiger partial charge in [0, 0.05) is 24.2 Å². The topological polar surface area (TPSA) is 60.5 Å². The number of aromatic nitrogens is 1. The highest BCUT2D eigenvalue weighted by Crippen LogP contribution is 2.33. The normalized spacial score (nSPS) is 13.3. The average molecular weight is 415 g/mol. The van der Waals surface area contributed by atoms with Crippen LogP contribution in [0.5, 0.6) is 11.5 Å². The standard InChI is InChI=1S/C25H22FN3O2/c26-22-8-4-7-21-20-13-14-28(25(27)30)16-23(20)29(24(21)22)15-17-9-11-19(12-10-17)31-18-5-2-1-3-6-18/h1-12H,13-16H2,(H2,27,30). The van der Waals surface area contributed by atoms with E-state index in [-0.39, 0.29) is 5.82 Å². The number of rotatable bonds is 4. The summed E-state index contributed by atoms with van der Waals surface area (Å²) in [6.07, 6.45) is 0.662. The van der Waals surface area contributed by atoms with Crippen LogP contribution in [0.25, 0.3) is 10.9 Å². The summed E-state index contributed by atoms with van der Waals surface area (Å²) in [5.74, 6) is 1.25. The summed E-state index contributed by atoms with van der Waals surface area (Å²) in [7, 11) is 0. The van der Waals surface area contributed by atoms with Gasteiger partial charge in [0.2, 0.25) is 0 Å². The molecule has 6 heteroatoms. The molecular formula is C25H22FN3O2. The van der Waals surface area contributed by atoms with Gasteiger partial charge in [-0.05, 0) is 47.9 Å². The molecule has 1 aliphatic heterocycles. The van der Waals surface area contributed by atoms with Crippen molar-refractivity contribution in [3.63, 3.8) is 0 Å². The molecule has 4 aromatic rings. The first-order chi connectivity index (χ1) is 15.1. The van der Waals surface area contributed by atoms with Gasteiger partial charge in [0.25, 0.3) is 0 Å². The first-order valence-electron chi connectivity index (χ1n) is 10.2.